The number of anilines is 1. The number of amides is 2. The second-order valence-corrected chi connectivity index (χ2v) is 9.08. The van der Waals surface area contributed by atoms with E-state index in [4.69, 9.17) is 9.47 Å². The van der Waals surface area contributed by atoms with E-state index in [2.05, 4.69) is 15.6 Å². The van der Waals surface area contributed by atoms with Crippen molar-refractivity contribution in [3.05, 3.63) is 127 Å². The summed E-state index contributed by atoms with van der Waals surface area (Å²) in [6.07, 6.45) is 1.99. The summed E-state index contributed by atoms with van der Waals surface area (Å²) in [4.78, 5) is 29.4. The van der Waals surface area contributed by atoms with Gasteiger partial charge in [-0.1, -0.05) is 60.7 Å². The summed E-state index contributed by atoms with van der Waals surface area (Å²) < 4.78 is 11.7. The van der Waals surface area contributed by atoms with Crippen LogP contribution in [0.3, 0.4) is 0 Å². The van der Waals surface area contributed by atoms with Crippen LogP contribution in [0.2, 0.25) is 0 Å². The zero-order chi connectivity index (χ0) is 26.9. The number of hydrogen-bond acceptors (Lipinski definition) is 4. The van der Waals surface area contributed by atoms with E-state index in [-0.39, 0.29) is 24.8 Å². The maximum absolute atomic E-state index is 13.2. The van der Waals surface area contributed by atoms with Crippen molar-refractivity contribution in [2.24, 2.45) is 0 Å². The molecule has 1 aromatic heterocycles. The molecule has 0 spiro atoms. The van der Waals surface area contributed by atoms with Crippen LogP contribution in [0.25, 0.3) is 10.9 Å². The van der Waals surface area contributed by atoms with Crippen molar-refractivity contribution >= 4 is 28.4 Å². The average molecular weight is 520 g/mol. The third-order valence-electron chi connectivity index (χ3n) is 6.18. The molecule has 0 aliphatic carbocycles. The maximum Gasteiger partial charge on any atom is 0.249 e. The fourth-order valence-corrected chi connectivity index (χ4v) is 4.24. The standard InChI is InChI=1S/C32H29N3O4/c36-31(20-24-10-7-13-29-28(24)18-19-33-29)35-30(22-38-21-23-8-3-1-4-9-23)32(37)34-25-14-16-27(17-15-25)39-26-11-5-2-6-12-26/h1-19,30,33H,20-22H2,(H,34,37)(H,35,36)/t30-/m0/s1. The van der Waals surface area contributed by atoms with Gasteiger partial charge >= 0.3 is 0 Å². The van der Waals surface area contributed by atoms with Gasteiger partial charge in [0.15, 0.2) is 0 Å². The average Bonchev–Trinajstić information content (AvgIpc) is 3.45. The van der Waals surface area contributed by atoms with Crippen LogP contribution in [0.15, 0.2) is 115 Å². The number of aromatic nitrogens is 1. The van der Waals surface area contributed by atoms with E-state index in [0.717, 1.165) is 27.8 Å². The van der Waals surface area contributed by atoms with Crippen molar-refractivity contribution < 1.29 is 19.1 Å². The number of para-hydroxylation sites is 1. The van der Waals surface area contributed by atoms with Crippen molar-refractivity contribution in [3.63, 3.8) is 0 Å². The first-order chi connectivity index (χ1) is 19.1. The summed E-state index contributed by atoms with van der Waals surface area (Å²) >= 11 is 0. The first-order valence-electron chi connectivity index (χ1n) is 12.7. The summed E-state index contributed by atoms with van der Waals surface area (Å²) in [6.45, 7) is 0.352. The highest BCUT2D eigenvalue weighted by Crippen LogP contribution is 2.23. The van der Waals surface area contributed by atoms with Crippen LogP contribution in [-0.2, 0) is 27.4 Å². The van der Waals surface area contributed by atoms with E-state index < -0.39 is 6.04 Å². The highest BCUT2D eigenvalue weighted by Gasteiger charge is 2.22. The highest BCUT2D eigenvalue weighted by atomic mass is 16.5. The van der Waals surface area contributed by atoms with Crippen molar-refractivity contribution in [1.82, 2.24) is 10.3 Å². The number of fused-ring (bicyclic) bond motifs is 1. The van der Waals surface area contributed by atoms with Gasteiger partial charge in [0.25, 0.3) is 0 Å². The lowest BCUT2D eigenvalue weighted by Gasteiger charge is -2.19. The zero-order valence-electron chi connectivity index (χ0n) is 21.3. The van der Waals surface area contributed by atoms with Crippen LogP contribution in [0.4, 0.5) is 5.69 Å². The minimum Gasteiger partial charge on any atom is -0.457 e. The van der Waals surface area contributed by atoms with Gasteiger partial charge in [-0.2, -0.15) is 0 Å². The van der Waals surface area contributed by atoms with Crippen LogP contribution in [0.1, 0.15) is 11.1 Å². The molecule has 2 amide bonds. The quantitative estimate of drug-likeness (QED) is 0.204. The molecule has 3 N–H and O–H groups in total. The number of hydrogen-bond donors (Lipinski definition) is 3. The molecular formula is C32H29N3O4. The molecule has 0 aliphatic rings. The molecule has 0 radical (unpaired) electrons. The number of benzene rings is 4. The van der Waals surface area contributed by atoms with Gasteiger partial charge in [0.1, 0.15) is 17.5 Å². The molecule has 4 aromatic carbocycles. The van der Waals surface area contributed by atoms with Crippen molar-refractivity contribution in [3.8, 4) is 11.5 Å². The normalized spacial score (nSPS) is 11.6. The zero-order valence-corrected chi connectivity index (χ0v) is 21.3. The first-order valence-corrected chi connectivity index (χ1v) is 12.7. The predicted molar refractivity (Wildman–Crippen MR) is 152 cm³/mol. The van der Waals surface area contributed by atoms with E-state index in [0.29, 0.717) is 18.0 Å². The minimum atomic E-state index is -0.883. The molecule has 196 valence electrons. The van der Waals surface area contributed by atoms with Crippen LogP contribution >= 0.6 is 0 Å². The Hall–Kier alpha value is -4.88. The second kappa shape index (κ2) is 12.6. The van der Waals surface area contributed by atoms with Gasteiger partial charge in [-0.05, 0) is 59.7 Å². The van der Waals surface area contributed by atoms with Gasteiger partial charge in [-0.3, -0.25) is 9.59 Å². The monoisotopic (exact) mass is 519 g/mol. The molecule has 7 nitrogen and oxygen atoms in total. The minimum absolute atomic E-state index is 0.0238. The Kier molecular flexibility index (Phi) is 8.31. The number of carbonyl (C=O) groups excluding carboxylic acids is 2. The number of aromatic amines is 1. The molecule has 39 heavy (non-hydrogen) atoms. The molecule has 1 heterocycles. The molecule has 0 saturated carbocycles. The van der Waals surface area contributed by atoms with Gasteiger partial charge < -0.3 is 25.1 Å². The number of ether oxygens (including phenoxy) is 2. The third-order valence-corrected chi connectivity index (χ3v) is 6.18. The molecule has 5 aromatic rings. The molecular weight excluding hydrogens is 490 g/mol. The molecule has 0 unspecified atom stereocenters. The lowest BCUT2D eigenvalue weighted by Crippen LogP contribution is -2.47. The van der Waals surface area contributed by atoms with Crippen LogP contribution in [-0.4, -0.2) is 29.4 Å². The Bertz CT molecular complexity index is 1520. The van der Waals surface area contributed by atoms with Crippen LogP contribution in [0, 0.1) is 0 Å². The Morgan fingerprint density at radius 3 is 2.26 bits per heavy atom. The van der Waals surface area contributed by atoms with E-state index in [1.165, 1.54) is 0 Å². The third kappa shape index (κ3) is 7.12. The van der Waals surface area contributed by atoms with E-state index in [9.17, 15) is 9.59 Å². The topological polar surface area (TPSA) is 92.5 Å². The number of nitrogens with one attached hydrogen (secondary N) is 3. The highest BCUT2D eigenvalue weighted by molar-refractivity contribution is 5.98. The van der Waals surface area contributed by atoms with Gasteiger partial charge in [0, 0.05) is 22.8 Å². The van der Waals surface area contributed by atoms with E-state index in [1.54, 1.807) is 24.3 Å². The Morgan fingerprint density at radius 1 is 0.769 bits per heavy atom. The number of rotatable bonds is 11. The summed E-state index contributed by atoms with van der Waals surface area (Å²) in [5.41, 5.74) is 3.40. The van der Waals surface area contributed by atoms with Gasteiger partial charge in [0.2, 0.25) is 11.8 Å². The van der Waals surface area contributed by atoms with E-state index >= 15 is 0 Å². The van der Waals surface area contributed by atoms with Gasteiger partial charge in [0.05, 0.1) is 19.6 Å². The van der Waals surface area contributed by atoms with Crippen molar-refractivity contribution in [1.29, 1.82) is 0 Å². The second-order valence-electron chi connectivity index (χ2n) is 9.08. The fraction of sp³-hybridized carbons (Fsp3) is 0.125. The summed E-state index contributed by atoms with van der Waals surface area (Å²) in [6, 6.07) is 33.0. The smallest absolute Gasteiger partial charge is 0.249 e. The molecule has 0 aliphatic heterocycles. The molecule has 7 heteroatoms. The van der Waals surface area contributed by atoms with E-state index in [1.807, 2.05) is 91.1 Å². The van der Waals surface area contributed by atoms with Crippen molar-refractivity contribution in [2.75, 3.05) is 11.9 Å². The predicted octanol–water partition coefficient (Wildman–Crippen LogP) is 5.84. The van der Waals surface area contributed by atoms with Crippen LogP contribution < -0.4 is 15.4 Å². The molecule has 0 bridgehead atoms. The molecule has 5 rings (SSSR count). The fourth-order valence-electron chi connectivity index (χ4n) is 4.24. The summed E-state index contributed by atoms with van der Waals surface area (Å²) in [7, 11) is 0. The largest absolute Gasteiger partial charge is 0.457 e. The lowest BCUT2D eigenvalue weighted by atomic mass is 10.1. The Morgan fingerprint density at radius 2 is 1.49 bits per heavy atom. The summed E-state index contributed by atoms with van der Waals surface area (Å²) in [5.74, 6) is 0.740. The van der Waals surface area contributed by atoms with Gasteiger partial charge in [-0.15, -0.1) is 0 Å². The SMILES string of the molecule is O=C(Cc1cccc2[nH]ccc12)N[C@@H](COCc1ccccc1)C(=O)Nc1ccc(Oc2ccccc2)cc1. The first kappa shape index (κ1) is 25.8. The Labute approximate surface area is 226 Å². The number of H-pyrrole nitrogens is 1. The molecule has 1 atom stereocenters. The van der Waals surface area contributed by atoms with Crippen molar-refractivity contribution in [2.45, 2.75) is 19.1 Å². The lowest BCUT2D eigenvalue weighted by molar-refractivity contribution is -0.127. The van der Waals surface area contributed by atoms with Gasteiger partial charge in [-0.25, -0.2) is 0 Å². The van der Waals surface area contributed by atoms with Crippen LogP contribution in [0.5, 0.6) is 11.5 Å². The molecule has 0 fully saturated rings. The number of carbonyl (C=O) groups is 2. The summed E-state index contributed by atoms with van der Waals surface area (Å²) in [5, 5.41) is 6.72. The maximum atomic E-state index is 13.2. The molecule has 0 saturated heterocycles. The Balaban J connectivity index is 1.24.